The largest absolute Gasteiger partial charge is 0.330 e. The van der Waals surface area contributed by atoms with Crippen LogP contribution in [-0.4, -0.2) is 19.2 Å². The molecule has 0 amide bonds. The van der Waals surface area contributed by atoms with Crippen molar-refractivity contribution in [3.63, 3.8) is 0 Å². The Morgan fingerprint density at radius 3 is 2.50 bits per heavy atom. The molecule has 1 unspecified atom stereocenters. The summed E-state index contributed by atoms with van der Waals surface area (Å²) in [7, 11) is 0. The van der Waals surface area contributed by atoms with E-state index in [-0.39, 0.29) is 6.04 Å². The maximum absolute atomic E-state index is 5.65. The predicted molar refractivity (Wildman–Crippen MR) is 41.0 cm³/mol. The lowest BCUT2D eigenvalue weighted by Gasteiger charge is -2.08. The van der Waals surface area contributed by atoms with Crippen molar-refractivity contribution in [2.24, 2.45) is 17.4 Å². The van der Waals surface area contributed by atoms with Crippen molar-refractivity contribution in [1.82, 2.24) is 0 Å². The molecule has 0 bridgehead atoms. The number of hydrogen-bond acceptors (Lipinski definition) is 4. The van der Waals surface area contributed by atoms with Gasteiger partial charge in [-0.15, -0.1) is 0 Å². The van der Waals surface area contributed by atoms with Crippen molar-refractivity contribution in [2.45, 2.75) is 25.3 Å². The first-order chi connectivity index (χ1) is 4.81. The van der Waals surface area contributed by atoms with Gasteiger partial charge in [0.1, 0.15) is 0 Å². The maximum Gasteiger partial charge on any atom is 0.0694 e. The minimum absolute atomic E-state index is 0.187. The fraction of sp³-hybridized carbons (Fsp3) is 1.00. The lowest BCUT2D eigenvalue weighted by atomic mass is 10.1. The first-order valence-corrected chi connectivity index (χ1v) is 3.58. The van der Waals surface area contributed by atoms with Crippen molar-refractivity contribution >= 4 is 0 Å². The highest BCUT2D eigenvalue weighted by molar-refractivity contribution is 4.60. The molecule has 0 radical (unpaired) electrons. The van der Waals surface area contributed by atoms with Gasteiger partial charge in [0.2, 0.25) is 0 Å². The van der Waals surface area contributed by atoms with Gasteiger partial charge in [-0.25, -0.2) is 5.90 Å². The average molecular weight is 147 g/mol. The fourth-order valence-electron chi connectivity index (χ4n) is 0.744. The third-order valence-corrected chi connectivity index (χ3v) is 1.39. The second-order valence-corrected chi connectivity index (χ2v) is 2.35. The highest BCUT2D eigenvalue weighted by atomic mass is 16.6. The molecule has 1 atom stereocenters. The molecule has 0 fully saturated rings. The normalized spacial score (nSPS) is 13.5. The molecular formula is C6H17N3O. The van der Waals surface area contributed by atoms with Crippen LogP contribution < -0.4 is 17.4 Å². The molecule has 4 nitrogen and oxygen atoms in total. The quantitative estimate of drug-likeness (QED) is 0.435. The van der Waals surface area contributed by atoms with E-state index in [2.05, 4.69) is 4.84 Å². The summed E-state index contributed by atoms with van der Waals surface area (Å²) in [5.74, 6) is 4.83. The molecule has 0 heterocycles. The molecule has 0 aromatic heterocycles. The minimum Gasteiger partial charge on any atom is -0.330 e. The van der Waals surface area contributed by atoms with Crippen molar-refractivity contribution in [3.05, 3.63) is 0 Å². The zero-order valence-corrected chi connectivity index (χ0v) is 6.25. The summed E-state index contributed by atoms with van der Waals surface area (Å²) in [5.41, 5.74) is 10.9. The van der Waals surface area contributed by atoms with E-state index in [0.29, 0.717) is 13.2 Å². The molecule has 0 spiro atoms. The van der Waals surface area contributed by atoms with Gasteiger partial charge in [-0.2, -0.15) is 0 Å². The summed E-state index contributed by atoms with van der Waals surface area (Å²) in [6.07, 6.45) is 2.75. The highest BCUT2D eigenvalue weighted by Gasteiger charge is 1.99. The Balaban J connectivity index is 3.00. The Bertz CT molecular complexity index is 62.0. The first-order valence-electron chi connectivity index (χ1n) is 3.58. The lowest BCUT2D eigenvalue weighted by molar-refractivity contribution is 0.129. The standard InChI is InChI=1S/C6H17N3O/c7-4-1-2-6(8)3-5-10-9/h6H,1-5,7-9H2. The molecule has 0 saturated heterocycles. The van der Waals surface area contributed by atoms with E-state index in [9.17, 15) is 0 Å². The number of nitrogens with two attached hydrogens (primary N) is 3. The van der Waals surface area contributed by atoms with Gasteiger partial charge < -0.3 is 16.3 Å². The second kappa shape index (κ2) is 6.95. The molecule has 0 saturated carbocycles. The summed E-state index contributed by atoms with van der Waals surface area (Å²) in [6, 6.07) is 0.187. The maximum atomic E-state index is 5.65. The van der Waals surface area contributed by atoms with Gasteiger partial charge in [-0.3, -0.25) is 0 Å². The summed E-state index contributed by atoms with van der Waals surface area (Å²) in [4.78, 5) is 4.38. The third-order valence-electron chi connectivity index (χ3n) is 1.39. The molecule has 6 N–H and O–H groups in total. The molecular weight excluding hydrogens is 130 g/mol. The van der Waals surface area contributed by atoms with Gasteiger partial charge in [0, 0.05) is 6.04 Å². The Kier molecular flexibility index (Phi) is 6.84. The zero-order valence-electron chi connectivity index (χ0n) is 6.25. The average Bonchev–Trinajstić information content (AvgIpc) is 1.97. The van der Waals surface area contributed by atoms with E-state index >= 15 is 0 Å². The van der Waals surface area contributed by atoms with Gasteiger partial charge in [-0.1, -0.05) is 0 Å². The van der Waals surface area contributed by atoms with Crippen molar-refractivity contribution in [3.8, 4) is 0 Å². The molecule has 0 aliphatic carbocycles. The van der Waals surface area contributed by atoms with Crippen LogP contribution in [0.4, 0.5) is 0 Å². The molecule has 10 heavy (non-hydrogen) atoms. The Labute approximate surface area is 61.7 Å². The van der Waals surface area contributed by atoms with Crippen molar-refractivity contribution in [2.75, 3.05) is 13.2 Å². The van der Waals surface area contributed by atoms with Crippen LogP contribution in [0.5, 0.6) is 0 Å². The lowest BCUT2D eigenvalue weighted by Crippen LogP contribution is -2.23. The van der Waals surface area contributed by atoms with Crippen LogP contribution in [0, 0.1) is 0 Å². The fourth-order valence-corrected chi connectivity index (χ4v) is 0.744. The molecule has 0 aliphatic rings. The van der Waals surface area contributed by atoms with Gasteiger partial charge in [0.15, 0.2) is 0 Å². The Hall–Kier alpha value is -0.160. The van der Waals surface area contributed by atoms with Gasteiger partial charge >= 0.3 is 0 Å². The molecule has 0 aliphatic heterocycles. The second-order valence-electron chi connectivity index (χ2n) is 2.35. The monoisotopic (exact) mass is 147 g/mol. The number of hydrogen-bond donors (Lipinski definition) is 3. The van der Waals surface area contributed by atoms with E-state index < -0.39 is 0 Å². The third kappa shape index (κ3) is 5.97. The molecule has 0 aromatic carbocycles. The Morgan fingerprint density at radius 1 is 1.30 bits per heavy atom. The highest BCUT2D eigenvalue weighted by Crippen LogP contribution is 1.96. The minimum atomic E-state index is 0.187. The molecule has 0 aromatic rings. The SMILES string of the molecule is NCCCC(N)CCON. The van der Waals surface area contributed by atoms with Crippen LogP contribution in [0.15, 0.2) is 0 Å². The van der Waals surface area contributed by atoms with E-state index in [1.807, 2.05) is 0 Å². The van der Waals surface area contributed by atoms with Gasteiger partial charge in [-0.05, 0) is 25.8 Å². The van der Waals surface area contributed by atoms with Gasteiger partial charge in [0.25, 0.3) is 0 Å². The van der Waals surface area contributed by atoms with Crippen molar-refractivity contribution in [1.29, 1.82) is 0 Å². The van der Waals surface area contributed by atoms with Crippen LogP contribution in [0.3, 0.4) is 0 Å². The van der Waals surface area contributed by atoms with Crippen LogP contribution in [0.25, 0.3) is 0 Å². The Morgan fingerprint density at radius 2 is 2.00 bits per heavy atom. The molecule has 62 valence electrons. The molecule has 4 heteroatoms. The van der Waals surface area contributed by atoms with Crippen LogP contribution in [-0.2, 0) is 4.84 Å². The summed E-state index contributed by atoms with van der Waals surface area (Å²) < 4.78 is 0. The van der Waals surface area contributed by atoms with Crippen LogP contribution >= 0.6 is 0 Å². The summed E-state index contributed by atoms with van der Waals surface area (Å²) >= 11 is 0. The predicted octanol–water partition coefficient (Wildman–Crippen LogP) is -0.667. The van der Waals surface area contributed by atoms with E-state index in [1.165, 1.54) is 0 Å². The molecule has 0 rings (SSSR count). The van der Waals surface area contributed by atoms with E-state index in [1.54, 1.807) is 0 Å². The van der Waals surface area contributed by atoms with Gasteiger partial charge in [0.05, 0.1) is 6.61 Å². The first kappa shape index (κ1) is 9.84. The summed E-state index contributed by atoms with van der Waals surface area (Å²) in [5, 5.41) is 0. The van der Waals surface area contributed by atoms with E-state index in [0.717, 1.165) is 19.3 Å². The smallest absolute Gasteiger partial charge is 0.0694 e. The van der Waals surface area contributed by atoms with Crippen LogP contribution in [0.2, 0.25) is 0 Å². The van der Waals surface area contributed by atoms with E-state index in [4.69, 9.17) is 17.4 Å². The van der Waals surface area contributed by atoms with Crippen LogP contribution in [0.1, 0.15) is 19.3 Å². The zero-order chi connectivity index (χ0) is 7.82. The van der Waals surface area contributed by atoms with Crippen molar-refractivity contribution < 1.29 is 4.84 Å². The summed E-state index contributed by atoms with van der Waals surface area (Å²) in [6.45, 7) is 1.24. The number of rotatable bonds is 6. The topological polar surface area (TPSA) is 87.3 Å².